The zero-order valence-corrected chi connectivity index (χ0v) is 17.9. The Bertz CT molecular complexity index is 1080. The fourth-order valence-corrected chi connectivity index (χ4v) is 4.69. The third-order valence-electron chi connectivity index (χ3n) is 6.13. The first kappa shape index (κ1) is 19.5. The van der Waals surface area contributed by atoms with Crippen molar-refractivity contribution in [3.8, 4) is 11.4 Å². The molecule has 2 aromatic heterocycles. The van der Waals surface area contributed by atoms with Crippen molar-refractivity contribution in [1.82, 2.24) is 29.9 Å². The number of aryl methyl sites for hydroxylation is 2. The van der Waals surface area contributed by atoms with Crippen molar-refractivity contribution < 1.29 is 9.53 Å². The van der Waals surface area contributed by atoms with Crippen LogP contribution in [-0.4, -0.2) is 69.1 Å². The van der Waals surface area contributed by atoms with Crippen LogP contribution in [0.1, 0.15) is 21.7 Å². The predicted molar refractivity (Wildman–Crippen MR) is 115 cm³/mol. The van der Waals surface area contributed by atoms with Gasteiger partial charge in [0.2, 0.25) is 5.95 Å². The highest BCUT2D eigenvalue weighted by atomic mass is 16.5. The van der Waals surface area contributed by atoms with Crippen molar-refractivity contribution in [2.24, 2.45) is 11.8 Å². The molecular weight excluding hydrogens is 394 g/mol. The molecule has 2 aliphatic rings. The largest absolute Gasteiger partial charge is 0.497 e. The number of methoxy groups -OCH3 is 1. The number of aromatic nitrogens is 5. The number of ether oxygens (including phenoxy) is 1. The van der Waals surface area contributed by atoms with Gasteiger partial charge in [0.15, 0.2) is 0 Å². The minimum absolute atomic E-state index is 0.0109. The van der Waals surface area contributed by atoms with E-state index < -0.39 is 0 Å². The molecule has 31 heavy (non-hydrogen) atoms. The van der Waals surface area contributed by atoms with E-state index in [4.69, 9.17) is 4.74 Å². The summed E-state index contributed by atoms with van der Waals surface area (Å²) in [5.41, 5.74) is 3.23. The van der Waals surface area contributed by atoms with Gasteiger partial charge >= 0.3 is 0 Å². The number of benzene rings is 1. The second-order valence-corrected chi connectivity index (χ2v) is 8.32. The highest BCUT2D eigenvalue weighted by Crippen LogP contribution is 2.34. The van der Waals surface area contributed by atoms with Gasteiger partial charge < -0.3 is 14.5 Å². The molecule has 1 amide bonds. The molecule has 2 atom stereocenters. The fourth-order valence-electron chi connectivity index (χ4n) is 4.69. The number of rotatable bonds is 4. The molecular formula is C22H25N7O2. The highest BCUT2D eigenvalue weighted by molar-refractivity contribution is 5.98. The van der Waals surface area contributed by atoms with Crippen LogP contribution in [0.25, 0.3) is 5.69 Å². The lowest BCUT2D eigenvalue weighted by molar-refractivity contribution is 0.0782. The van der Waals surface area contributed by atoms with E-state index in [0.29, 0.717) is 28.8 Å². The van der Waals surface area contributed by atoms with Crippen LogP contribution in [0.4, 0.5) is 5.95 Å². The van der Waals surface area contributed by atoms with Gasteiger partial charge in [0, 0.05) is 55.5 Å². The van der Waals surface area contributed by atoms with E-state index in [9.17, 15) is 4.79 Å². The van der Waals surface area contributed by atoms with Crippen LogP contribution in [0.2, 0.25) is 0 Å². The number of hydrogen-bond donors (Lipinski definition) is 0. The summed E-state index contributed by atoms with van der Waals surface area (Å²) < 4.78 is 6.94. The molecule has 0 bridgehead atoms. The zero-order valence-electron chi connectivity index (χ0n) is 17.9. The summed E-state index contributed by atoms with van der Waals surface area (Å²) in [6.45, 7) is 7.20. The van der Waals surface area contributed by atoms with Gasteiger partial charge in [0.25, 0.3) is 5.91 Å². The average molecular weight is 419 g/mol. The second kappa shape index (κ2) is 7.64. The summed E-state index contributed by atoms with van der Waals surface area (Å²) in [5.74, 6) is 2.32. The second-order valence-electron chi connectivity index (χ2n) is 8.32. The van der Waals surface area contributed by atoms with Crippen LogP contribution in [0.15, 0.2) is 36.7 Å². The van der Waals surface area contributed by atoms with Crippen LogP contribution >= 0.6 is 0 Å². The third-order valence-corrected chi connectivity index (χ3v) is 6.13. The van der Waals surface area contributed by atoms with E-state index >= 15 is 0 Å². The first-order chi connectivity index (χ1) is 15.0. The Balaban J connectivity index is 1.34. The van der Waals surface area contributed by atoms with Gasteiger partial charge in [-0.2, -0.15) is 0 Å². The molecule has 0 saturated carbocycles. The number of anilines is 1. The highest BCUT2D eigenvalue weighted by Gasteiger charge is 2.43. The molecule has 2 saturated heterocycles. The van der Waals surface area contributed by atoms with E-state index in [2.05, 4.69) is 25.2 Å². The maximum absolute atomic E-state index is 13.4. The molecule has 9 nitrogen and oxygen atoms in total. The van der Waals surface area contributed by atoms with Crippen LogP contribution in [0.5, 0.6) is 5.75 Å². The minimum atomic E-state index is 0.0109. The standard InChI is InChI=1S/C22H25N7O2/c1-14-8-15(2)25-22(24-14)28-12-16-10-27(11-17(16)13-28)21(30)19-5-4-18(31-3)9-20(19)29-7-6-23-26-29/h4-9,16-17H,10-13H2,1-3H3. The van der Waals surface area contributed by atoms with Gasteiger partial charge in [-0.05, 0) is 32.0 Å². The van der Waals surface area contributed by atoms with Gasteiger partial charge in [-0.3, -0.25) is 4.79 Å². The Morgan fingerprint density at radius 1 is 1.03 bits per heavy atom. The van der Waals surface area contributed by atoms with E-state index in [-0.39, 0.29) is 5.91 Å². The zero-order chi connectivity index (χ0) is 21.5. The number of nitrogens with zero attached hydrogens (tertiary/aromatic N) is 7. The summed E-state index contributed by atoms with van der Waals surface area (Å²) in [4.78, 5) is 26.8. The van der Waals surface area contributed by atoms with E-state index in [0.717, 1.165) is 43.5 Å². The van der Waals surface area contributed by atoms with Gasteiger partial charge in [-0.1, -0.05) is 5.21 Å². The van der Waals surface area contributed by atoms with Crippen molar-refractivity contribution in [3.63, 3.8) is 0 Å². The van der Waals surface area contributed by atoms with Gasteiger partial charge in [0.1, 0.15) is 5.75 Å². The van der Waals surface area contributed by atoms with Crippen molar-refractivity contribution in [2.75, 3.05) is 38.2 Å². The van der Waals surface area contributed by atoms with Crippen LogP contribution in [0.3, 0.4) is 0 Å². The molecule has 160 valence electrons. The lowest BCUT2D eigenvalue weighted by Crippen LogP contribution is -2.34. The minimum Gasteiger partial charge on any atom is -0.497 e. The van der Waals surface area contributed by atoms with Crippen LogP contribution < -0.4 is 9.64 Å². The molecule has 2 unspecified atom stereocenters. The first-order valence-electron chi connectivity index (χ1n) is 10.4. The van der Waals surface area contributed by atoms with Crippen molar-refractivity contribution in [2.45, 2.75) is 13.8 Å². The van der Waals surface area contributed by atoms with Gasteiger partial charge in [-0.15, -0.1) is 5.10 Å². The molecule has 0 spiro atoms. The van der Waals surface area contributed by atoms with Crippen LogP contribution in [-0.2, 0) is 0 Å². The molecule has 4 heterocycles. The monoisotopic (exact) mass is 419 g/mol. The van der Waals surface area contributed by atoms with Crippen molar-refractivity contribution >= 4 is 11.9 Å². The smallest absolute Gasteiger partial charge is 0.256 e. The number of amides is 1. The van der Waals surface area contributed by atoms with Crippen molar-refractivity contribution in [1.29, 1.82) is 0 Å². The number of carbonyl (C=O) groups excluding carboxylic acids is 1. The molecule has 2 fully saturated rings. The maximum atomic E-state index is 13.4. The lowest BCUT2D eigenvalue weighted by atomic mass is 10.0. The lowest BCUT2D eigenvalue weighted by Gasteiger charge is -2.23. The Morgan fingerprint density at radius 2 is 1.74 bits per heavy atom. The summed E-state index contributed by atoms with van der Waals surface area (Å²) >= 11 is 0. The SMILES string of the molecule is COc1ccc(C(=O)N2CC3CN(c4nc(C)cc(C)n4)CC3C2)c(-n2ccnn2)c1. The molecule has 5 rings (SSSR count). The molecule has 0 aliphatic carbocycles. The molecule has 3 aromatic rings. The Labute approximate surface area is 180 Å². The molecule has 0 N–H and O–H groups in total. The van der Waals surface area contributed by atoms with E-state index in [1.165, 1.54) is 0 Å². The fraction of sp³-hybridized carbons (Fsp3) is 0.409. The normalized spacial score (nSPS) is 20.2. The summed E-state index contributed by atoms with van der Waals surface area (Å²) in [6, 6.07) is 7.42. The van der Waals surface area contributed by atoms with E-state index in [1.807, 2.05) is 43.0 Å². The summed E-state index contributed by atoms with van der Waals surface area (Å²) in [6.07, 6.45) is 3.32. The van der Waals surface area contributed by atoms with Crippen LogP contribution in [0, 0.1) is 25.7 Å². The summed E-state index contributed by atoms with van der Waals surface area (Å²) in [7, 11) is 1.61. The predicted octanol–water partition coefficient (Wildman–Crippen LogP) is 1.89. The quantitative estimate of drug-likeness (QED) is 0.638. The third kappa shape index (κ3) is 3.60. The summed E-state index contributed by atoms with van der Waals surface area (Å²) in [5, 5.41) is 7.94. The van der Waals surface area contributed by atoms with Gasteiger partial charge in [-0.25, -0.2) is 14.6 Å². The molecule has 1 aromatic carbocycles. The Morgan fingerprint density at radius 3 is 2.35 bits per heavy atom. The maximum Gasteiger partial charge on any atom is 0.256 e. The first-order valence-corrected chi connectivity index (χ1v) is 10.4. The molecule has 2 aliphatic heterocycles. The van der Waals surface area contributed by atoms with Gasteiger partial charge in [0.05, 0.1) is 30.8 Å². The number of carbonyl (C=O) groups is 1. The van der Waals surface area contributed by atoms with E-state index in [1.54, 1.807) is 24.2 Å². The molecule has 9 heteroatoms. The number of fused-ring (bicyclic) bond motifs is 1. The number of likely N-dealkylation sites (tertiary alicyclic amines) is 1. The van der Waals surface area contributed by atoms with Crippen molar-refractivity contribution in [3.05, 3.63) is 53.6 Å². The Hall–Kier alpha value is -3.49. The average Bonchev–Trinajstić information content (AvgIpc) is 3.48. The topological polar surface area (TPSA) is 89.3 Å². The Kier molecular flexibility index (Phi) is 4.80. The number of hydrogen-bond acceptors (Lipinski definition) is 7. The molecule has 0 radical (unpaired) electrons.